The Hall–Kier alpha value is -1.09. The van der Waals surface area contributed by atoms with Gasteiger partial charge in [-0.1, -0.05) is 28.1 Å². The maximum atomic E-state index is 4.43. The van der Waals surface area contributed by atoms with E-state index in [0.29, 0.717) is 6.04 Å². The van der Waals surface area contributed by atoms with E-state index >= 15 is 0 Å². The fourth-order valence-electron chi connectivity index (χ4n) is 1.68. The van der Waals surface area contributed by atoms with Crippen molar-refractivity contribution in [3.63, 3.8) is 0 Å². The minimum Gasteiger partial charge on any atom is -0.334 e. The predicted molar refractivity (Wildman–Crippen MR) is 63.6 cm³/mol. The van der Waals surface area contributed by atoms with E-state index in [1.807, 2.05) is 18.5 Å². The molecule has 1 aliphatic carbocycles. The summed E-state index contributed by atoms with van der Waals surface area (Å²) < 4.78 is 3.32. The third-order valence-electron chi connectivity index (χ3n) is 2.71. The summed E-state index contributed by atoms with van der Waals surface area (Å²) in [6.07, 6.45) is 6.68. The molecule has 0 saturated heterocycles. The van der Waals surface area contributed by atoms with E-state index in [4.69, 9.17) is 0 Å². The molecule has 0 amide bonds. The quantitative estimate of drug-likeness (QED) is 0.808. The summed E-state index contributed by atoms with van der Waals surface area (Å²) >= 11 is 3.43. The van der Waals surface area contributed by atoms with Gasteiger partial charge in [-0.2, -0.15) is 0 Å². The Morgan fingerprint density at radius 3 is 2.60 bits per heavy atom. The zero-order valence-electron chi connectivity index (χ0n) is 8.23. The highest BCUT2D eigenvalue weighted by molar-refractivity contribution is 9.10. The first kappa shape index (κ1) is 9.16. The normalized spacial score (nSPS) is 15.5. The molecule has 0 bridgehead atoms. The molecule has 0 spiro atoms. The van der Waals surface area contributed by atoms with Crippen LogP contribution < -0.4 is 0 Å². The molecule has 0 unspecified atom stereocenters. The first-order valence-electron chi connectivity index (χ1n) is 5.12. The van der Waals surface area contributed by atoms with E-state index in [1.54, 1.807) is 0 Å². The zero-order valence-corrected chi connectivity index (χ0v) is 9.81. The van der Waals surface area contributed by atoms with Crippen molar-refractivity contribution < 1.29 is 0 Å². The number of hydrogen-bond acceptors (Lipinski definition) is 1. The minimum atomic E-state index is 0.710. The molecular formula is C12H11BrN2. The second kappa shape index (κ2) is 3.49. The number of hydrogen-bond donors (Lipinski definition) is 0. The van der Waals surface area contributed by atoms with Crippen LogP contribution in [0.15, 0.2) is 41.3 Å². The number of nitrogens with zero attached hydrogens (tertiary/aromatic N) is 2. The molecule has 1 aromatic heterocycles. The van der Waals surface area contributed by atoms with Crippen molar-refractivity contribution >= 4 is 15.9 Å². The topological polar surface area (TPSA) is 17.8 Å². The second-order valence-corrected chi connectivity index (χ2v) is 4.86. The molecule has 2 nitrogen and oxygen atoms in total. The van der Waals surface area contributed by atoms with E-state index in [2.05, 4.69) is 43.8 Å². The standard InChI is InChI=1S/C12H11BrN2/c13-10-3-1-9(2-4-10)12-7-15(8-14-12)11-5-6-11/h1-4,7-8,11H,5-6H2. The van der Waals surface area contributed by atoms with Gasteiger partial charge in [0.05, 0.1) is 12.0 Å². The van der Waals surface area contributed by atoms with Gasteiger partial charge in [0.15, 0.2) is 0 Å². The van der Waals surface area contributed by atoms with Gasteiger partial charge in [-0.25, -0.2) is 4.98 Å². The number of halogens is 1. The van der Waals surface area contributed by atoms with Crippen LogP contribution in [-0.4, -0.2) is 9.55 Å². The van der Waals surface area contributed by atoms with Crippen LogP contribution in [0.1, 0.15) is 18.9 Å². The lowest BCUT2D eigenvalue weighted by Crippen LogP contribution is -1.86. The van der Waals surface area contributed by atoms with E-state index in [1.165, 1.54) is 18.4 Å². The van der Waals surface area contributed by atoms with Gasteiger partial charge in [-0.3, -0.25) is 0 Å². The molecule has 1 heterocycles. The van der Waals surface area contributed by atoms with E-state index in [0.717, 1.165) is 10.2 Å². The first-order chi connectivity index (χ1) is 7.33. The average molecular weight is 263 g/mol. The summed E-state index contributed by atoms with van der Waals surface area (Å²) in [4.78, 5) is 4.43. The van der Waals surface area contributed by atoms with Crippen molar-refractivity contribution in [1.29, 1.82) is 0 Å². The van der Waals surface area contributed by atoms with Gasteiger partial charge in [0.1, 0.15) is 0 Å². The summed E-state index contributed by atoms with van der Waals surface area (Å²) in [5, 5.41) is 0. The molecule has 1 saturated carbocycles. The average Bonchev–Trinajstić information content (AvgIpc) is 2.99. The molecule has 0 N–H and O–H groups in total. The Bertz CT molecular complexity index is 469. The molecule has 3 heteroatoms. The third-order valence-corrected chi connectivity index (χ3v) is 3.24. The first-order valence-corrected chi connectivity index (χ1v) is 5.91. The third kappa shape index (κ3) is 1.84. The van der Waals surface area contributed by atoms with Gasteiger partial charge < -0.3 is 4.57 Å². The molecule has 76 valence electrons. The Balaban J connectivity index is 1.93. The molecule has 0 aliphatic heterocycles. The summed E-state index contributed by atoms with van der Waals surface area (Å²) in [5.41, 5.74) is 2.24. The van der Waals surface area contributed by atoms with Crippen molar-refractivity contribution in [2.24, 2.45) is 0 Å². The van der Waals surface area contributed by atoms with Crippen molar-refractivity contribution in [2.75, 3.05) is 0 Å². The minimum absolute atomic E-state index is 0.710. The molecular weight excluding hydrogens is 252 g/mol. The summed E-state index contributed by atoms with van der Waals surface area (Å²) in [5.74, 6) is 0. The van der Waals surface area contributed by atoms with Gasteiger partial charge in [0.2, 0.25) is 0 Å². The largest absolute Gasteiger partial charge is 0.334 e. The van der Waals surface area contributed by atoms with Crippen LogP contribution in [0.5, 0.6) is 0 Å². The van der Waals surface area contributed by atoms with Gasteiger partial charge in [0, 0.05) is 22.3 Å². The summed E-state index contributed by atoms with van der Waals surface area (Å²) in [6.45, 7) is 0. The van der Waals surface area contributed by atoms with Crippen LogP contribution in [0.2, 0.25) is 0 Å². The fourth-order valence-corrected chi connectivity index (χ4v) is 1.94. The molecule has 0 atom stereocenters. The van der Waals surface area contributed by atoms with E-state index in [-0.39, 0.29) is 0 Å². The molecule has 1 fully saturated rings. The Morgan fingerprint density at radius 1 is 1.20 bits per heavy atom. The van der Waals surface area contributed by atoms with Crippen LogP contribution in [0.4, 0.5) is 0 Å². The highest BCUT2D eigenvalue weighted by Gasteiger charge is 2.23. The molecule has 1 aromatic carbocycles. The summed E-state index contributed by atoms with van der Waals surface area (Å²) in [7, 11) is 0. The lowest BCUT2D eigenvalue weighted by Gasteiger charge is -1.97. The van der Waals surface area contributed by atoms with Gasteiger partial charge in [-0.15, -0.1) is 0 Å². The number of rotatable bonds is 2. The number of imidazole rings is 1. The highest BCUT2D eigenvalue weighted by atomic mass is 79.9. The molecule has 0 radical (unpaired) electrons. The van der Waals surface area contributed by atoms with Crippen LogP contribution >= 0.6 is 15.9 Å². The number of benzene rings is 1. The van der Waals surface area contributed by atoms with E-state index in [9.17, 15) is 0 Å². The van der Waals surface area contributed by atoms with Crippen molar-refractivity contribution in [2.45, 2.75) is 18.9 Å². The summed E-state index contributed by atoms with van der Waals surface area (Å²) in [6, 6.07) is 8.98. The lowest BCUT2D eigenvalue weighted by molar-refractivity contribution is 0.741. The molecule has 15 heavy (non-hydrogen) atoms. The second-order valence-electron chi connectivity index (χ2n) is 3.94. The lowest BCUT2D eigenvalue weighted by atomic mass is 10.2. The Morgan fingerprint density at radius 2 is 1.93 bits per heavy atom. The van der Waals surface area contributed by atoms with Crippen LogP contribution in [0.25, 0.3) is 11.3 Å². The Kier molecular flexibility index (Phi) is 2.13. The molecule has 3 rings (SSSR count). The predicted octanol–water partition coefficient (Wildman–Crippen LogP) is 3.65. The highest BCUT2D eigenvalue weighted by Crippen LogP contribution is 2.35. The zero-order chi connectivity index (χ0) is 10.3. The van der Waals surface area contributed by atoms with Crippen molar-refractivity contribution in [3.05, 3.63) is 41.3 Å². The van der Waals surface area contributed by atoms with E-state index < -0.39 is 0 Å². The Labute approximate surface area is 97.1 Å². The SMILES string of the molecule is Brc1ccc(-c2cn(C3CC3)cn2)cc1. The monoisotopic (exact) mass is 262 g/mol. The maximum Gasteiger partial charge on any atom is 0.0956 e. The molecule has 1 aliphatic rings. The van der Waals surface area contributed by atoms with Crippen molar-refractivity contribution in [1.82, 2.24) is 9.55 Å². The maximum absolute atomic E-state index is 4.43. The van der Waals surface area contributed by atoms with Crippen LogP contribution in [0, 0.1) is 0 Å². The van der Waals surface area contributed by atoms with Crippen LogP contribution in [0.3, 0.4) is 0 Å². The van der Waals surface area contributed by atoms with Crippen LogP contribution in [-0.2, 0) is 0 Å². The van der Waals surface area contributed by atoms with Crippen molar-refractivity contribution in [3.8, 4) is 11.3 Å². The van der Waals surface area contributed by atoms with Gasteiger partial charge >= 0.3 is 0 Å². The number of aromatic nitrogens is 2. The van der Waals surface area contributed by atoms with Gasteiger partial charge in [0.25, 0.3) is 0 Å². The smallest absolute Gasteiger partial charge is 0.0956 e. The van der Waals surface area contributed by atoms with Gasteiger partial charge in [-0.05, 0) is 25.0 Å². The fraction of sp³-hybridized carbons (Fsp3) is 0.250. The molecule has 2 aromatic rings.